The molecule has 0 spiro atoms. The summed E-state index contributed by atoms with van der Waals surface area (Å²) in [7, 11) is 6.86. The zero-order chi connectivity index (χ0) is 32.2. The maximum atomic E-state index is 14.3. The molecule has 12 nitrogen and oxygen atoms in total. The summed E-state index contributed by atoms with van der Waals surface area (Å²) in [5.74, 6) is -5.02. The van der Waals surface area contributed by atoms with E-state index in [4.69, 9.17) is 5.73 Å². The Kier molecular flexibility index (Phi) is 7.89. The van der Waals surface area contributed by atoms with Crippen molar-refractivity contribution in [1.82, 2.24) is 4.90 Å². The van der Waals surface area contributed by atoms with Crippen LogP contribution in [-0.4, -0.2) is 72.1 Å². The summed E-state index contributed by atoms with van der Waals surface area (Å²) in [6.45, 7) is 1.44. The molecule has 4 atom stereocenters. The van der Waals surface area contributed by atoms with Gasteiger partial charge in [0.25, 0.3) is 11.1 Å². The molecule has 1 unspecified atom stereocenters. The van der Waals surface area contributed by atoms with Gasteiger partial charge in [-0.1, -0.05) is 18.2 Å². The van der Waals surface area contributed by atoms with Crippen LogP contribution in [0.3, 0.4) is 0 Å². The number of ketones is 2. The lowest BCUT2D eigenvalue weighted by molar-refractivity contribution is -0.132. The highest BCUT2D eigenvalue weighted by atomic mass is 32.2. The number of anilines is 2. The molecule has 0 aliphatic heterocycles. The number of carbonyl (C=O) groups is 4. The summed E-state index contributed by atoms with van der Waals surface area (Å²) in [5.41, 5.74) is 3.70. The predicted molar refractivity (Wildman–Crippen MR) is 166 cm³/mol. The first-order valence-corrected chi connectivity index (χ1v) is 14.7. The minimum atomic E-state index is -1.76. The molecule has 5 rings (SSSR count). The van der Waals surface area contributed by atoms with Crippen molar-refractivity contribution in [3.8, 4) is 5.75 Å². The van der Waals surface area contributed by atoms with Gasteiger partial charge in [-0.05, 0) is 80.5 Å². The number of allylic oxidation sites excluding steroid dienone is 2. The van der Waals surface area contributed by atoms with E-state index in [9.17, 15) is 34.3 Å². The Morgan fingerprint density at radius 1 is 1.11 bits per heavy atom. The van der Waals surface area contributed by atoms with Crippen LogP contribution in [0, 0.1) is 22.2 Å². The number of phenolic OH excluding ortho intramolecular Hbond substituents is 1. The lowest BCUT2D eigenvalue weighted by atomic mass is 9.53. The van der Waals surface area contributed by atoms with Crippen LogP contribution < -0.4 is 16.0 Å². The summed E-state index contributed by atoms with van der Waals surface area (Å²) in [6, 6.07) is 9.63. The molecule has 0 radical (unpaired) electrons. The Morgan fingerprint density at radius 2 is 1.77 bits per heavy atom. The Balaban J connectivity index is 1.67. The number of aromatic hydroxyl groups is 1. The van der Waals surface area contributed by atoms with Crippen LogP contribution >= 0.6 is 11.8 Å². The molecular weight excluding hydrogens is 586 g/mol. The number of benzene rings is 2. The highest BCUT2D eigenvalue weighted by Gasteiger charge is 2.61. The summed E-state index contributed by atoms with van der Waals surface area (Å²) in [6.07, 6.45) is 0.401. The number of aliphatic hydroxyl groups excluding tert-OH is 1. The second-order valence-corrected chi connectivity index (χ2v) is 12.9. The third kappa shape index (κ3) is 4.67. The number of nitrogens with zero attached hydrogens (tertiary/aromatic N) is 3. The number of carbonyl (C=O) groups excluding carboxylic acids is 4. The van der Waals surface area contributed by atoms with Crippen LogP contribution in [0.5, 0.6) is 5.75 Å². The van der Waals surface area contributed by atoms with E-state index in [0.717, 1.165) is 11.8 Å². The largest absolute Gasteiger partial charge is 0.510 e. The fourth-order valence-electron chi connectivity index (χ4n) is 6.96. The van der Waals surface area contributed by atoms with Crippen LogP contribution in [0.2, 0.25) is 0 Å². The van der Waals surface area contributed by atoms with E-state index in [2.05, 4.69) is 10.5 Å². The number of rotatable bonds is 6. The Labute approximate surface area is 257 Å². The number of thioether (sulfide) groups is 1. The third-order valence-corrected chi connectivity index (χ3v) is 9.72. The van der Waals surface area contributed by atoms with Gasteiger partial charge in [-0.25, -0.2) is 0 Å². The Hall–Kier alpha value is -4.49. The van der Waals surface area contributed by atoms with Gasteiger partial charge in [0.2, 0.25) is 0 Å². The van der Waals surface area contributed by atoms with Crippen LogP contribution in [0.15, 0.2) is 69.1 Å². The van der Waals surface area contributed by atoms with Gasteiger partial charge in [0.1, 0.15) is 17.0 Å². The smallest absolute Gasteiger partial charge is 0.288 e. The Bertz CT molecular complexity index is 1680. The standard InChI is InChI=1S/C31H33N5O7S/c1-31-17(23(36(4)5)26(39)22(28(31)40)29(32)41)12-14-11-16-19(35(2)3)13-18(33-30(42)44-15-9-7-6-8-10-15)24(37)21(16)25(38)20(14)27(31)34-43/h6-10,13-14,17,23,37,39H,11-12H2,1-5H3,(H2,32,41)(H,33,42)/t14-,17-,23-,31?/m0/s1. The lowest BCUT2D eigenvalue weighted by Gasteiger charge is -2.51. The molecule has 0 heterocycles. The summed E-state index contributed by atoms with van der Waals surface area (Å²) >= 11 is 0.910. The molecule has 0 saturated carbocycles. The van der Waals surface area contributed by atoms with Gasteiger partial charge in [-0.2, -0.15) is 0 Å². The van der Waals surface area contributed by atoms with E-state index in [1.54, 1.807) is 68.3 Å². The minimum Gasteiger partial charge on any atom is -0.510 e. The lowest BCUT2D eigenvalue weighted by Crippen LogP contribution is -2.58. The number of nitroso groups, excluding NO2 is 1. The molecule has 13 heteroatoms. The van der Waals surface area contributed by atoms with E-state index < -0.39 is 63.1 Å². The molecule has 3 aliphatic carbocycles. The number of phenols is 1. The van der Waals surface area contributed by atoms with E-state index in [-0.39, 0.29) is 35.4 Å². The van der Waals surface area contributed by atoms with Crippen molar-refractivity contribution in [1.29, 1.82) is 0 Å². The van der Waals surface area contributed by atoms with Crippen molar-refractivity contribution in [2.75, 3.05) is 38.4 Å². The van der Waals surface area contributed by atoms with Crippen LogP contribution in [0.1, 0.15) is 29.3 Å². The predicted octanol–water partition coefficient (Wildman–Crippen LogP) is 3.99. The quantitative estimate of drug-likeness (QED) is 0.160. The number of likely N-dealkylation sites (N-methyl/N-ethyl adjacent to an activating group) is 1. The molecule has 2 aromatic rings. The van der Waals surface area contributed by atoms with Gasteiger partial charge in [-0.3, -0.25) is 24.1 Å². The molecule has 5 N–H and O–H groups in total. The number of aliphatic hydroxyl groups is 1. The van der Waals surface area contributed by atoms with E-state index in [1.807, 2.05) is 6.07 Å². The second kappa shape index (κ2) is 11.2. The van der Waals surface area contributed by atoms with E-state index in [0.29, 0.717) is 16.1 Å². The van der Waals surface area contributed by atoms with Crippen molar-refractivity contribution in [3.63, 3.8) is 0 Å². The maximum absolute atomic E-state index is 14.3. The first-order chi connectivity index (χ1) is 20.7. The molecule has 230 valence electrons. The monoisotopic (exact) mass is 619 g/mol. The molecule has 2 amide bonds. The minimum absolute atomic E-state index is 0.000856. The number of Topliss-reactive ketones (excluding diaryl/α,β-unsaturated/α-hetero) is 2. The number of amides is 2. The van der Waals surface area contributed by atoms with Crippen LogP contribution in [0.4, 0.5) is 16.2 Å². The SMILES string of the molecule is CN(C)c1cc(NC(=O)Sc2ccccc2)c(O)c2c1C[C@H]1C[C@H]3[C@H](N(C)C)C(O)=C(C(N)=O)C(=O)C3(C)C(N=O)=C1C2=O. The van der Waals surface area contributed by atoms with Crippen LogP contribution in [-0.2, 0) is 16.0 Å². The summed E-state index contributed by atoms with van der Waals surface area (Å²) < 4.78 is 0. The fraction of sp³-hybridized carbons (Fsp3) is 0.355. The average molecular weight is 620 g/mol. The van der Waals surface area contributed by atoms with E-state index >= 15 is 0 Å². The zero-order valence-corrected chi connectivity index (χ0v) is 25.7. The molecular formula is C31H33N5O7S. The number of nitrogens with two attached hydrogens (primary N) is 1. The van der Waals surface area contributed by atoms with Gasteiger partial charge >= 0.3 is 0 Å². The summed E-state index contributed by atoms with van der Waals surface area (Å²) in [5, 5.41) is 27.9. The van der Waals surface area contributed by atoms with Crippen LogP contribution in [0.25, 0.3) is 0 Å². The highest BCUT2D eigenvalue weighted by Crippen LogP contribution is 2.58. The second-order valence-electron chi connectivity index (χ2n) is 11.9. The van der Waals surface area contributed by atoms with Crippen molar-refractivity contribution in [2.45, 2.75) is 30.7 Å². The van der Waals surface area contributed by atoms with Gasteiger partial charge in [0, 0.05) is 36.2 Å². The van der Waals surface area contributed by atoms with Gasteiger partial charge in [-0.15, -0.1) is 4.91 Å². The molecule has 0 bridgehead atoms. The fourth-order valence-corrected chi connectivity index (χ4v) is 7.63. The van der Waals surface area contributed by atoms with Crippen molar-refractivity contribution >= 4 is 45.8 Å². The molecule has 0 aromatic heterocycles. The highest BCUT2D eigenvalue weighted by molar-refractivity contribution is 8.13. The maximum Gasteiger partial charge on any atom is 0.288 e. The third-order valence-electron chi connectivity index (χ3n) is 8.92. The summed E-state index contributed by atoms with van der Waals surface area (Å²) in [4.78, 5) is 70.1. The van der Waals surface area contributed by atoms with Gasteiger partial charge in [0.05, 0.1) is 22.7 Å². The van der Waals surface area contributed by atoms with Gasteiger partial charge in [0.15, 0.2) is 17.3 Å². The normalized spacial score (nSPS) is 24.5. The molecule has 3 aliphatic rings. The van der Waals surface area contributed by atoms with E-state index in [1.165, 1.54) is 6.92 Å². The first-order valence-electron chi connectivity index (χ1n) is 13.9. The zero-order valence-electron chi connectivity index (χ0n) is 24.9. The topological polar surface area (TPSA) is 183 Å². The number of nitrogens with one attached hydrogen (secondary N) is 1. The average Bonchev–Trinajstić information content (AvgIpc) is 2.94. The number of hydrogen-bond donors (Lipinski definition) is 4. The number of hydrogen-bond acceptors (Lipinski definition) is 11. The number of primary amides is 1. The Morgan fingerprint density at radius 3 is 2.34 bits per heavy atom. The van der Waals surface area contributed by atoms with Crippen molar-refractivity contribution in [3.05, 3.63) is 75.0 Å². The van der Waals surface area contributed by atoms with Crippen molar-refractivity contribution < 1.29 is 29.4 Å². The number of fused-ring (bicyclic) bond motifs is 3. The van der Waals surface area contributed by atoms with Gasteiger partial charge < -0.3 is 26.2 Å². The molecule has 0 fully saturated rings. The first kappa shape index (κ1) is 31.0. The van der Waals surface area contributed by atoms with Crippen molar-refractivity contribution in [2.24, 2.45) is 28.2 Å². The molecule has 0 saturated heterocycles. The molecule has 44 heavy (non-hydrogen) atoms. The molecule has 2 aromatic carbocycles.